The molecule has 2 nitrogen and oxygen atoms in total. The van der Waals surface area contributed by atoms with Crippen LogP contribution in [0, 0.1) is 0 Å². The Hall–Kier alpha value is -0.790. The molecule has 0 aliphatic rings. The van der Waals surface area contributed by atoms with Crippen molar-refractivity contribution in [3.63, 3.8) is 0 Å². The van der Waals surface area contributed by atoms with Crippen molar-refractivity contribution in [3.8, 4) is 0 Å². The van der Waals surface area contributed by atoms with Gasteiger partial charge in [0.05, 0.1) is 6.10 Å². The fourth-order valence-electron chi connectivity index (χ4n) is 1.13. The Kier molecular flexibility index (Phi) is 6.29. The van der Waals surface area contributed by atoms with Gasteiger partial charge in [-0.3, -0.25) is 0 Å². The first-order valence-corrected chi connectivity index (χ1v) is 4.99. The number of hydrogen-bond donors (Lipinski definition) is 0. The summed E-state index contributed by atoms with van der Waals surface area (Å²) in [4.78, 5) is 11.3. The molecule has 0 aliphatic heterocycles. The van der Waals surface area contributed by atoms with Gasteiger partial charge >= 0.3 is 5.97 Å². The van der Waals surface area contributed by atoms with Crippen molar-refractivity contribution in [1.29, 1.82) is 0 Å². The first-order valence-electron chi connectivity index (χ1n) is 4.99. The van der Waals surface area contributed by atoms with Gasteiger partial charge in [0.2, 0.25) is 0 Å². The second-order valence-electron chi connectivity index (χ2n) is 3.30. The first-order chi connectivity index (χ1) is 6.11. The summed E-state index contributed by atoms with van der Waals surface area (Å²) >= 11 is 0. The van der Waals surface area contributed by atoms with Crippen molar-refractivity contribution < 1.29 is 9.53 Å². The molecule has 0 spiro atoms. The number of allylic oxidation sites excluding steroid dienone is 1. The van der Waals surface area contributed by atoms with Gasteiger partial charge in [0.15, 0.2) is 0 Å². The Morgan fingerprint density at radius 3 is 2.54 bits per heavy atom. The Morgan fingerprint density at radius 1 is 1.46 bits per heavy atom. The number of hydrogen-bond acceptors (Lipinski definition) is 2. The maximum Gasteiger partial charge on any atom is 0.333 e. The molecule has 0 fully saturated rings. The predicted octanol–water partition coefficient (Wildman–Crippen LogP) is 3.07. The quantitative estimate of drug-likeness (QED) is 0.485. The van der Waals surface area contributed by atoms with Crippen LogP contribution in [0.5, 0.6) is 0 Å². The van der Waals surface area contributed by atoms with E-state index in [9.17, 15) is 4.79 Å². The summed E-state index contributed by atoms with van der Waals surface area (Å²) in [5.41, 5.74) is 0.713. The minimum absolute atomic E-state index is 0.0395. The lowest BCUT2D eigenvalue weighted by molar-refractivity contribution is -0.143. The van der Waals surface area contributed by atoms with Crippen molar-refractivity contribution in [2.24, 2.45) is 0 Å². The van der Waals surface area contributed by atoms with Crippen LogP contribution in [-0.2, 0) is 9.53 Å². The molecule has 2 heteroatoms. The maximum atomic E-state index is 11.3. The van der Waals surface area contributed by atoms with Crippen LogP contribution in [0.4, 0.5) is 0 Å². The zero-order chi connectivity index (χ0) is 10.3. The minimum atomic E-state index is -0.178. The fraction of sp³-hybridized carbons (Fsp3) is 0.727. The van der Waals surface area contributed by atoms with Crippen molar-refractivity contribution in [3.05, 3.63) is 11.6 Å². The average molecular weight is 184 g/mol. The van der Waals surface area contributed by atoms with E-state index in [0.717, 1.165) is 19.3 Å². The van der Waals surface area contributed by atoms with Gasteiger partial charge in [-0.2, -0.15) is 0 Å². The topological polar surface area (TPSA) is 26.3 Å². The summed E-state index contributed by atoms with van der Waals surface area (Å²) in [5, 5.41) is 0. The van der Waals surface area contributed by atoms with Gasteiger partial charge in [-0.1, -0.05) is 26.3 Å². The minimum Gasteiger partial charge on any atom is -0.459 e. The third kappa shape index (κ3) is 5.45. The predicted molar refractivity (Wildman–Crippen MR) is 54.5 cm³/mol. The second kappa shape index (κ2) is 6.70. The molecule has 0 rings (SSSR count). The number of rotatable bonds is 5. The molecule has 13 heavy (non-hydrogen) atoms. The molecular formula is C11H20O2. The Morgan fingerprint density at radius 2 is 2.08 bits per heavy atom. The molecule has 76 valence electrons. The van der Waals surface area contributed by atoms with Gasteiger partial charge in [-0.25, -0.2) is 4.79 Å². The Balaban J connectivity index is 3.92. The highest BCUT2D eigenvalue weighted by molar-refractivity contribution is 5.87. The fourth-order valence-corrected chi connectivity index (χ4v) is 1.13. The van der Waals surface area contributed by atoms with Crippen LogP contribution in [0.1, 0.15) is 47.0 Å². The zero-order valence-corrected chi connectivity index (χ0v) is 9.09. The number of carbonyl (C=O) groups excluding carboxylic acids is 1. The van der Waals surface area contributed by atoms with Crippen molar-refractivity contribution in [2.45, 2.75) is 53.1 Å². The van der Waals surface area contributed by atoms with Gasteiger partial charge in [-0.15, -0.1) is 0 Å². The van der Waals surface area contributed by atoms with Crippen molar-refractivity contribution in [1.82, 2.24) is 0 Å². The molecule has 0 unspecified atom stereocenters. The van der Waals surface area contributed by atoms with E-state index in [1.54, 1.807) is 6.92 Å². The highest BCUT2D eigenvalue weighted by Crippen LogP contribution is 2.05. The Bertz CT molecular complexity index is 183. The van der Waals surface area contributed by atoms with E-state index in [1.165, 1.54) is 0 Å². The first kappa shape index (κ1) is 12.2. The monoisotopic (exact) mass is 184 g/mol. The van der Waals surface area contributed by atoms with Crippen LogP contribution >= 0.6 is 0 Å². The maximum absolute atomic E-state index is 11.3. The molecular weight excluding hydrogens is 164 g/mol. The van der Waals surface area contributed by atoms with Gasteiger partial charge in [0, 0.05) is 5.57 Å². The Labute approximate surface area is 81.0 Å². The van der Waals surface area contributed by atoms with Crippen LogP contribution in [0.15, 0.2) is 11.6 Å². The van der Waals surface area contributed by atoms with Gasteiger partial charge in [0.25, 0.3) is 0 Å². The molecule has 0 N–H and O–H groups in total. The van der Waals surface area contributed by atoms with Crippen molar-refractivity contribution in [2.75, 3.05) is 0 Å². The lowest BCUT2D eigenvalue weighted by Crippen LogP contribution is -2.15. The van der Waals surface area contributed by atoms with Crippen LogP contribution < -0.4 is 0 Å². The molecule has 0 heterocycles. The van der Waals surface area contributed by atoms with Gasteiger partial charge in [0.1, 0.15) is 0 Å². The van der Waals surface area contributed by atoms with E-state index < -0.39 is 0 Å². The summed E-state index contributed by atoms with van der Waals surface area (Å²) < 4.78 is 5.20. The molecule has 0 saturated heterocycles. The molecule has 0 aromatic carbocycles. The lowest BCUT2D eigenvalue weighted by atomic mass is 10.2. The molecule has 0 radical (unpaired) electrons. The van der Waals surface area contributed by atoms with Crippen LogP contribution in [0.2, 0.25) is 0 Å². The van der Waals surface area contributed by atoms with E-state index in [0.29, 0.717) is 5.57 Å². The summed E-state index contributed by atoms with van der Waals surface area (Å²) in [6, 6.07) is 0. The van der Waals surface area contributed by atoms with E-state index in [2.05, 4.69) is 6.92 Å². The molecule has 1 atom stereocenters. The number of esters is 1. The molecule has 0 aromatic rings. The SMILES string of the molecule is CC/C=C(\C)C(=O)O[C@@H](C)CCC. The van der Waals surface area contributed by atoms with Crippen molar-refractivity contribution >= 4 is 5.97 Å². The van der Waals surface area contributed by atoms with Gasteiger partial charge < -0.3 is 4.74 Å². The summed E-state index contributed by atoms with van der Waals surface area (Å²) in [5.74, 6) is -0.178. The highest BCUT2D eigenvalue weighted by Gasteiger charge is 2.09. The van der Waals surface area contributed by atoms with E-state index in [1.807, 2.05) is 19.9 Å². The zero-order valence-electron chi connectivity index (χ0n) is 9.09. The highest BCUT2D eigenvalue weighted by atomic mass is 16.5. The molecule has 0 aromatic heterocycles. The smallest absolute Gasteiger partial charge is 0.333 e. The van der Waals surface area contributed by atoms with Gasteiger partial charge in [-0.05, 0) is 26.7 Å². The van der Waals surface area contributed by atoms with E-state index in [4.69, 9.17) is 4.74 Å². The van der Waals surface area contributed by atoms with Crippen LogP contribution in [0.25, 0.3) is 0 Å². The molecule has 0 saturated carbocycles. The summed E-state index contributed by atoms with van der Waals surface area (Å²) in [7, 11) is 0. The number of carbonyl (C=O) groups is 1. The third-order valence-corrected chi connectivity index (χ3v) is 1.84. The van der Waals surface area contributed by atoms with Crippen LogP contribution in [0.3, 0.4) is 0 Å². The third-order valence-electron chi connectivity index (χ3n) is 1.84. The standard InChI is InChI=1S/C11H20O2/c1-5-7-9(3)11(12)13-10(4)8-6-2/h7,10H,5-6,8H2,1-4H3/b9-7+/t10-/m0/s1. The second-order valence-corrected chi connectivity index (χ2v) is 3.30. The molecule has 0 aliphatic carbocycles. The van der Waals surface area contributed by atoms with E-state index >= 15 is 0 Å². The largest absolute Gasteiger partial charge is 0.459 e. The molecule has 0 bridgehead atoms. The average Bonchev–Trinajstić information content (AvgIpc) is 2.05. The summed E-state index contributed by atoms with van der Waals surface area (Å²) in [6.07, 6.45) is 4.79. The lowest BCUT2D eigenvalue weighted by Gasteiger charge is -2.11. The van der Waals surface area contributed by atoms with Crippen LogP contribution in [-0.4, -0.2) is 12.1 Å². The number of ether oxygens (including phenoxy) is 1. The summed E-state index contributed by atoms with van der Waals surface area (Å²) in [6.45, 7) is 7.82. The van der Waals surface area contributed by atoms with E-state index in [-0.39, 0.29) is 12.1 Å². The molecule has 0 amide bonds. The normalized spacial score (nSPS) is 14.0.